The van der Waals surface area contributed by atoms with Crippen LogP contribution in [-0.4, -0.2) is 19.0 Å². The molecular formula is C11H11FN2O3. The van der Waals surface area contributed by atoms with Gasteiger partial charge in [-0.05, 0) is 24.6 Å². The van der Waals surface area contributed by atoms with Crippen LogP contribution >= 0.6 is 0 Å². The molecule has 0 aliphatic carbocycles. The second-order valence-electron chi connectivity index (χ2n) is 3.88. The van der Waals surface area contributed by atoms with Crippen LogP contribution in [0.2, 0.25) is 0 Å². The van der Waals surface area contributed by atoms with Crippen LogP contribution in [0.3, 0.4) is 0 Å². The van der Waals surface area contributed by atoms with E-state index >= 15 is 0 Å². The fraction of sp³-hybridized carbons (Fsp3) is 0.273. The third kappa shape index (κ3) is 1.71. The first-order valence-electron chi connectivity index (χ1n) is 4.95. The Morgan fingerprint density at radius 2 is 2.06 bits per heavy atom. The monoisotopic (exact) mass is 238 g/mol. The average molecular weight is 238 g/mol. The molecule has 17 heavy (non-hydrogen) atoms. The predicted molar refractivity (Wildman–Crippen MR) is 57.0 cm³/mol. The Bertz CT molecular complexity index is 503. The minimum Gasteiger partial charge on any atom is -0.494 e. The van der Waals surface area contributed by atoms with E-state index in [4.69, 9.17) is 4.74 Å². The second-order valence-corrected chi connectivity index (χ2v) is 3.88. The van der Waals surface area contributed by atoms with Gasteiger partial charge in [0.15, 0.2) is 11.6 Å². The van der Waals surface area contributed by atoms with Crippen molar-refractivity contribution in [2.75, 3.05) is 7.11 Å². The molecular weight excluding hydrogens is 227 g/mol. The summed E-state index contributed by atoms with van der Waals surface area (Å²) < 4.78 is 18.3. The highest BCUT2D eigenvalue weighted by atomic mass is 19.1. The van der Waals surface area contributed by atoms with E-state index < -0.39 is 23.3 Å². The highest BCUT2D eigenvalue weighted by molar-refractivity contribution is 6.07. The van der Waals surface area contributed by atoms with E-state index in [1.165, 1.54) is 32.2 Å². The minimum absolute atomic E-state index is 0.0853. The number of carbonyl (C=O) groups is 2. The molecule has 2 N–H and O–H groups in total. The first-order valence-corrected chi connectivity index (χ1v) is 4.95. The topological polar surface area (TPSA) is 67.4 Å². The molecule has 2 rings (SSSR count). The molecule has 0 spiro atoms. The molecule has 1 aliphatic rings. The van der Waals surface area contributed by atoms with Gasteiger partial charge in [0.2, 0.25) is 0 Å². The molecule has 0 saturated carbocycles. The van der Waals surface area contributed by atoms with Gasteiger partial charge in [-0.25, -0.2) is 9.18 Å². The largest absolute Gasteiger partial charge is 0.494 e. The summed E-state index contributed by atoms with van der Waals surface area (Å²) in [6.45, 7) is 1.51. The normalized spacial score (nSPS) is 23.2. The van der Waals surface area contributed by atoms with Crippen molar-refractivity contribution >= 4 is 11.9 Å². The molecule has 1 heterocycles. The van der Waals surface area contributed by atoms with Crippen molar-refractivity contribution in [1.82, 2.24) is 10.6 Å². The molecule has 1 aliphatic heterocycles. The smallest absolute Gasteiger partial charge is 0.322 e. The molecule has 1 aromatic carbocycles. The number of benzene rings is 1. The van der Waals surface area contributed by atoms with E-state index in [0.717, 1.165) is 0 Å². The second kappa shape index (κ2) is 3.73. The molecule has 1 unspecified atom stereocenters. The van der Waals surface area contributed by atoms with Gasteiger partial charge in [-0.3, -0.25) is 10.1 Å². The molecule has 1 fully saturated rings. The number of methoxy groups -OCH3 is 1. The van der Waals surface area contributed by atoms with Crippen LogP contribution in [0.15, 0.2) is 18.2 Å². The lowest BCUT2D eigenvalue weighted by molar-refractivity contribution is -0.123. The summed E-state index contributed by atoms with van der Waals surface area (Å²) in [6, 6.07) is 3.53. The summed E-state index contributed by atoms with van der Waals surface area (Å²) in [5, 5.41) is 4.57. The molecule has 1 aromatic rings. The Kier molecular flexibility index (Phi) is 2.49. The minimum atomic E-state index is -1.25. The maximum absolute atomic E-state index is 13.5. The lowest BCUT2D eigenvalue weighted by Crippen LogP contribution is -2.40. The Balaban J connectivity index is 2.44. The number of imide groups is 1. The SMILES string of the molecule is COc1ccc(C2(C)NC(=O)NC2=O)cc1F. The van der Waals surface area contributed by atoms with Gasteiger partial charge in [-0.2, -0.15) is 0 Å². The fourth-order valence-corrected chi connectivity index (χ4v) is 1.72. The fourth-order valence-electron chi connectivity index (χ4n) is 1.72. The van der Waals surface area contributed by atoms with Gasteiger partial charge >= 0.3 is 6.03 Å². The molecule has 0 bridgehead atoms. The maximum atomic E-state index is 13.5. The first kappa shape index (κ1) is 11.4. The zero-order valence-corrected chi connectivity index (χ0v) is 9.33. The molecule has 5 nitrogen and oxygen atoms in total. The molecule has 0 aromatic heterocycles. The number of halogens is 1. The number of hydrogen-bond acceptors (Lipinski definition) is 3. The van der Waals surface area contributed by atoms with Crippen LogP contribution in [0.4, 0.5) is 9.18 Å². The third-order valence-corrected chi connectivity index (χ3v) is 2.77. The molecule has 1 atom stereocenters. The quantitative estimate of drug-likeness (QED) is 0.752. The lowest BCUT2D eigenvalue weighted by Gasteiger charge is -2.21. The summed E-state index contributed by atoms with van der Waals surface area (Å²) in [4.78, 5) is 22.7. The number of carbonyl (C=O) groups excluding carboxylic acids is 2. The van der Waals surface area contributed by atoms with E-state index in [1.807, 2.05) is 0 Å². The van der Waals surface area contributed by atoms with Crippen molar-refractivity contribution in [3.8, 4) is 5.75 Å². The van der Waals surface area contributed by atoms with Crippen molar-refractivity contribution in [3.63, 3.8) is 0 Å². The molecule has 90 valence electrons. The number of hydrogen-bond donors (Lipinski definition) is 2. The first-order chi connectivity index (χ1) is 7.97. The highest BCUT2D eigenvalue weighted by Crippen LogP contribution is 2.28. The zero-order valence-electron chi connectivity index (χ0n) is 9.33. The number of urea groups is 1. The number of rotatable bonds is 2. The van der Waals surface area contributed by atoms with E-state index in [1.54, 1.807) is 0 Å². The highest BCUT2D eigenvalue weighted by Gasteiger charge is 2.43. The zero-order chi connectivity index (χ0) is 12.6. The van der Waals surface area contributed by atoms with E-state index in [0.29, 0.717) is 5.56 Å². The maximum Gasteiger partial charge on any atom is 0.322 e. The van der Waals surface area contributed by atoms with E-state index in [2.05, 4.69) is 10.6 Å². The predicted octanol–water partition coefficient (Wildman–Crippen LogP) is 0.889. The van der Waals surface area contributed by atoms with E-state index in [9.17, 15) is 14.0 Å². The third-order valence-electron chi connectivity index (χ3n) is 2.77. The Morgan fingerprint density at radius 3 is 2.53 bits per heavy atom. The van der Waals surface area contributed by atoms with Crippen LogP contribution in [0.25, 0.3) is 0 Å². The van der Waals surface area contributed by atoms with Crippen LogP contribution in [0, 0.1) is 5.82 Å². The number of amides is 3. The summed E-state index contributed by atoms with van der Waals surface area (Å²) in [6.07, 6.45) is 0. The number of ether oxygens (including phenoxy) is 1. The van der Waals surface area contributed by atoms with Gasteiger partial charge in [0, 0.05) is 0 Å². The van der Waals surface area contributed by atoms with Gasteiger partial charge in [-0.15, -0.1) is 0 Å². The lowest BCUT2D eigenvalue weighted by atomic mass is 9.92. The summed E-state index contributed by atoms with van der Waals surface area (Å²) in [5.41, 5.74) is -0.886. The van der Waals surface area contributed by atoms with Gasteiger partial charge < -0.3 is 10.1 Å². The standard InChI is InChI=1S/C11H11FN2O3/c1-11(9(15)13-10(16)14-11)6-3-4-8(17-2)7(12)5-6/h3-5H,1-2H3,(H2,13,14,15,16). The van der Waals surface area contributed by atoms with Crippen LogP contribution in [-0.2, 0) is 10.3 Å². The van der Waals surface area contributed by atoms with Crippen molar-refractivity contribution in [2.24, 2.45) is 0 Å². The Morgan fingerprint density at radius 1 is 1.35 bits per heavy atom. The van der Waals surface area contributed by atoms with Crippen molar-refractivity contribution in [1.29, 1.82) is 0 Å². The number of nitrogens with one attached hydrogen (secondary N) is 2. The van der Waals surface area contributed by atoms with Crippen LogP contribution < -0.4 is 15.4 Å². The Labute approximate surface area is 97.0 Å². The molecule has 3 amide bonds. The van der Waals surface area contributed by atoms with E-state index in [-0.39, 0.29) is 5.75 Å². The molecule has 6 heteroatoms. The van der Waals surface area contributed by atoms with Gasteiger partial charge in [0.25, 0.3) is 5.91 Å². The van der Waals surface area contributed by atoms with Crippen molar-refractivity contribution in [2.45, 2.75) is 12.5 Å². The summed E-state index contributed by atoms with van der Waals surface area (Å²) in [7, 11) is 1.35. The Hall–Kier alpha value is -2.11. The molecule has 1 saturated heterocycles. The van der Waals surface area contributed by atoms with Gasteiger partial charge in [0.1, 0.15) is 5.54 Å². The van der Waals surface area contributed by atoms with Gasteiger partial charge in [0.05, 0.1) is 7.11 Å². The summed E-state index contributed by atoms with van der Waals surface area (Å²) >= 11 is 0. The summed E-state index contributed by atoms with van der Waals surface area (Å²) in [5.74, 6) is -1.01. The van der Waals surface area contributed by atoms with Crippen molar-refractivity contribution in [3.05, 3.63) is 29.6 Å². The van der Waals surface area contributed by atoms with Gasteiger partial charge in [-0.1, -0.05) is 6.07 Å². The average Bonchev–Trinajstić information content (AvgIpc) is 2.53. The van der Waals surface area contributed by atoms with Crippen LogP contribution in [0.5, 0.6) is 5.75 Å². The van der Waals surface area contributed by atoms with Crippen LogP contribution in [0.1, 0.15) is 12.5 Å². The molecule has 0 radical (unpaired) electrons. The van der Waals surface area contributed by atoms with Crippen molar-refractivity contribution < 1.29 is 18.7 Å².